The van der Waals surface area contributed by atoms with Crippen molar-refractivity contribution in [1.82, 2.24) is 24.5 Å². The smallest absolute Gasteiger partial charge is 0.399 e. The van der Waals surface area contributed by atoms with Crippen molar-refractivity contribution in [1.29, 1.82) is 0 Å². The van der Waals surface area contributed by atoms with Gasteiger partial charge in [-0.15, -0.1) is 10.2 Å². The standard InChI is InChI=1S/C23H26F3N7O/c1-5-13(4)21(34)32-10-17-18(11-32)33-20(12(2)3)30-31-22(33)29-19(17)28-9-14-6-15(23(24,25)26)8-16(27)7-14/h6-8,12H,4-5,9-11,27H2,1-3H3,(H,28,29,31). The number of rotatable bonds is 6. The Morgan fingerprint density at radius 2 is 1.97 bits per heavy atom. The summed E-state index contributed by atoms with van der Waals surface area (Å²) in [7, 11) is 0. The number of nitrogens with two attached hydrogens (primary N) is 1. The van der Waals surface area contributed by atoms with Crippen LogP contribution < -0.4 is 11.1 Å². The first-order chi connectivity index (χ1) is 16.0. The number of hydrogen-bond donors (Lipinski definition) is 2. The second kappa shape index (κ2) is 8.62. The van der Waals surface area contributed by atoms with E-state index in [0.717, 1.165) is 29.2 Å². The molecule has 34 heavy (non-hydrogen) atoms. The van der Waals surface area contributed by atoms with Crippen LogP contribution in [0, 0.1) is 0 Å². The minimum atomic E-state index is -4.50. The molecule has 11 heteroatoms. The predicted octanol–water partition coefficient (Wildman–Crippen LogP) is 4.27. The summed E-state index contributed by atoms with van der Waals surface area (Å²) in [5.74, 6) is 1.45. The predicted molar refractivity (Wildman–Crippen MR) is 122 cm³/mol. The molecule has 2 aromatic heterocycles. The van der Waals surface area contributed by atoms with Gasteiger partial charge >= 0.3 is 6.18 Å². The summed E-state index contributed by atoms with van der Waals surface area (Å²) in [4.78, 5) is 19.1. The quantitative estimate of drug-likeness (QED) is 0.410. The van der Waals surface area contributed by atoms with E-state index in [-0.39, 0.29) is 24.1 Å². The second-order valence-corrected chi connectivity index (χ2v) is 8.67. The summed E-state index contributed by atoms with van der Waals surface area (Å²) in [6, 6.07) is 3.44. The molecule has 0 saturated carbocycles. The van der Waals surface area contributed by atoms with Crippen LogP contribution in [0.2, 0.25) is 0 Å². The number of fused-ring (bicyclic) bond motifs is 3. The number of benzene rings is 1. The van der Waals surface area contributed by atoms with E-state index in [9.17, 15) is 18.0 Å². The lowest BCUT2D eigenvalue weighted by molar-refractivity contribution is -0.137. The van der Waals surface area contributed by atoms with Crippen molar-refractivity contribution in [3.63, 3.8) is 0 Å². The van der Waals surface area contributed by atoms with Crippen molar-refractivity contribution < 1.29 is 18.0 Å². The Bertz CT molecular complexity index is 1280. The van der Waals surface area contributed by atoms with Crippen LogP contribution in [0.1, 0.15) is 61.3 Å². The monoisotopic (exact) mass is 473 g/mol. The van der Waals surface area contributed by atoms with Gasteiger partial charge in [-0.2, -0.15) is 18.2 Å². The summed E-state index contributed by atoms with van der Waals surface area (Å²) in [6.07, 6.45) is -3.97. The van der Waals surface area contributed by atoms with Gasteiger partial charge in [0.25, 0.3) is 5.78 Å². The third kappa shape index (κ3) is 4.29. The van der Waals surface area contributed by atoms with E-state index < -0.39 is 11.7 Å². The van der Waals surface area contributed by atoms with Gasteiger partial charge in [0.2, 0.25) is 5.91 Å². The Balaban J connectivity index is 1.72. The number of nitrogens with zero attached hydrogens (tertiary/aromatic N) is 5. The van der Waals surface area contributed by atoms with Crippen molar-refractivity contribution in [3.8, 4) is 0 Å². The molecule has 1 aromatic carbocycles. The zero-order valence-corrected chi connectivity index (χ0v) is 19.2. The Hall–Kier alpha value is -3.63. The zero-order chi connectivity index (χ0) is 24.8. The molecular weight excluding hydrogens is 447 g/mol. The largest absolute Gasteiger partial charge is 0.416 e. The number of hydrogen-bond acceptors (Lipinski definition) is 6. The molecule has 4 rings (SSSR count). The van der Waals surface area contributed by atoms with Crippen molar-refractivity contribution in [3.05, 3.63) is 58.6 Å². The average molecular weight is 474 g/mol. The summed E-state index contributed by atoms with van der Waals surface area (Å²) in [6.45, 7) is 10.4. The van der Waals surface area contributed by atoms with Gasteiger partial charge in [0.05, 0.1) is 24.3 Å². The average Bonchev–Trinajstić information content (AvgIpc) is 3.39. The van der Waals surface area contributed by atoms with E-state index in [2.05, 4.69) is 27.1 Å². The first-order valence-corrected chi connectivity index (χ1v) is 10.9. The van der Waals surface area contributed by atoms with Gasteiger partial charge in [0.15, 0.2) is 0 Å². The van der Waals surface area contributed by atoms with Gasteiger partial charge < -0.3 is 16.0 Å². The molecule has 0 aliphatic carbocycles. The molecule has 0 unspecified atom stereocenters. The first kappa shape index (κ1) is 23.5. The lowest BCUT2D eigenvalue weighted by Crippen LogP contribution is -2.26. The van der Waals surface area contributed by atoms with Crippen molar-refractivity contribution >= 4 is 23.2 Å². The van der Waals surface area contributed by atoms with Crippen LogP contribution in [0.5, 0.6) is 0 Å². The zero-order valence-electron chi connectivity index (χ0n) is 19.2. The Morgan fingerprint density at radius 1 is 1.24 bits per heavy atom. The Labute approximate surface area is 194 Å². The number of halogens is 3. The minimum Gasteiger partial charge on any atom is -0.399 e. The number of anilines is 2. The van der Waals surface area contributed by atoms with Crippen LogP contribution in [0.25, 0.3) is 5.78 Å². The van der Waals surface area contributed by atoms with Crippen molar-refractivity contribution in [2.45, 2.75) is 58.9 Å². The SMILES string of the molecule is C=C(CC)C(=O)N1Cc2c(NCc3cc(N)cc(C(F)(F)F)c3)nc3nnc(C(C)C)n3c2C1. The highest BCUT2D eigenvalue weighted by Crippen LogP contribution is 2.33. The fourth-order valence-corrected chi connectivity index (χ4v) is 4.03. The van der Waals surface area contributed by atoms with E-state index in [4.69, 9.17) is 5.73 Å². The summed E-state index contributed by atoms with van der Waals surface area (Å²) < 4.78 is 41.4. The van der Waals surface area contributed by atoms with Gasteiger partial charge in [0.1, 0.15) is 11.6 Å². The van der Waals surface area contributed by atoms with E-state index in [1.165, 1.54) is 6.07 Å². The fourth-order valence-electron chi connectivity index (χ4n) is 4.03. The number of alkyl halides is 3. The van der Waals surface area contributed by atoms with Crippen LogP contribution in [-0.4, -0.2) is 30.4 Å². The number of carbonyl (C=O) groups excluding carboxylic acids is 1. The molecule has 3 aromatic rings. The van der Waals surface area contributed by atoms with E-state index in [1.807, 2.05) is 25.2 Å². The van der Waals surface area contributed by atoms with Crippen molar-refractivity contribution in [2.75, 3.05) is 11.1 Å². The topological polar surface area (TPSA) is 101 Å². The van der Waals surface area contributed by atoms with E-state index in [1.54, 1.807) is 4.90 Å². The molecule has 3 heterocycles. The third-order valence-electron chi connectivity index (χ3n) is 5.81. The number of nitrogen functional groups attached to an aromatic ring is 1. The highest BCUT2D eigenvalue weighted by atomic mass is 19.4. The maximum atomic E-state index is 13.2. The molecule has 0 radical (unpaired) electrons. The van der Waals surface area contributed by atoms with Gasteiger partial charge in [-0.05, 0) is 30.2 Å². The molecule has 0 bridgehead atoms. The highest BCUT2D eigenvalue weighted by Gasteiger charge is 2.32. The van der Waals surface area contributed by atoms with Gasteiger partial charge in [0, 0.05) is 29.3 Å². The highest BCUT2D eigenvalue weighted by molar-refractivity contribution is 5.93. The van der Waals surface area contributed by atoms with Gasteiger partial charge in [-0.25, -0.2) is 0 Å². The molecular formula is C23H26F3N7O. The molecule has 1 amide bonds. The summed E-state index contributed by atoms with van der Waals surface area (Å²) in [5, 5.41) is 11.6. The molecule has 0 atom stereocenters. The summed E-state index contributed by atoms with van der Waals surface area (Å²) >= 11 is 0. The second-order valence-electron chi connectivity index (χ2n) is 8.67. The molecule has 0 fully saturated rings. The van der Waals surface area contributed by atoms with Crippen LogP contribution in [0.15, 0.2) is 30.4 Å². The van der Waals surface area contributed by atoms with Crippen LogP contribution in [0.4, 0.5) is 24.7 Å². The normalized spacial score (nSPS) is 13.6. The lowest BCUT2D eigenvalue weighted by Gasteiger charge is -2.16. The number of amides is 1. The van der Waals surface area contributed by atoms with E-state index >= 15 is 0 Å². The molecule has 8 nitrogen and oxygen atoms in total. The van der Waals surface area contributed by atoms with Crippen LogP contribution in [0.3, 0.4) is 0 Å². The molecule has 1 aliphatic rings. The van der Waals surface area contributed by atoms with Crippen molar-refractivity contribution in [2.24, 2.45) is 0 Å². The Kier molecular flexibility index (Phi) is 5.96. The van der Waals surface area contributed by atoms with Crippen LogP contribution in [-0.2, 0) is 30.6 Å². The minimum absolute atomic E-state index is 0.0224. The van der Waals surface area contributed by atoms with E-state index in [0.29, 0.717) is 42.2 Å². The number of carbonyl (C=O) groups is 1. The summed E-state index contributed by atoms with van der Waals surface area (Å²) in [5.41, 5.74) is 7.35. The lowest BCUT2D eigenvalue weighted by atomic mass is 10.1. The maximum absolute atomic E-state index is 13.2. The van der Waals surface area contributed by atoms with Gasteiger partial charge in [-0.3, -0.25) is 9.20 Å². The molecule has 180 valence electrons. The van der Waals surface area contributed by atoms with Crippen LogP contribution >= 0.6 is 0 Å². The molecule has 1 aliphatic heterocycles. The molecule has 0 spiro atoms. The van der Waals surface area contributed by atoms with Gasteiger partial charge in [-0.1, -0.05) is 27.4 Å². The Morgan fingerprint density at radius 3 is 2.62 bits per heavy atom. The molecule has 0 saturated heterocycles. The molecule has 3 N–H and O–H groups in total. The number of nitrogens with one attached hydrogen (secondary N) is 1. The fraction of sp³-hybridized carbons (Fsp3) is 0.391. The third-order valence-corrected chi connectivity index (χ3v) is 5.81. The first-order valence-electron chi connectivity index (χ1n) is 10.9. The number of aromatic nitrogens is 4. The maximum Gasteiger partial charge on any atom is 0.416 e.